The van der Waals surface area contributed by atoms with Gasteiger partial charge in [0.25, 0.3) is 11.6 Å². The third kappa shape index (κ3) is 2.98. The number of amides is 1. The van der Waals surface area contributed by atoms with Crippen molar-refractivity contribution in [2.24, 2.45) is 0 Å². The third-order valence-corrected chi connectivity index (χ3v) is 5.00. The van der Waals surface area contributed by atoms with Crippen LogP contribution in [0.15, 0.2) is 24.3 Å². The van der Waals surface area contributed by atoms with E-state index < -0.39 is 4.92 Å². The Bertz CT molecular complexity index is 528. The van der Waals surface area contributed by atoms with Crippen molar-refractivity contribution in [3.05, 3.63) is 39.9 Å². The summed E-state index contributed by atoms with van der Waals surface area (Å²) in [6, 6.07) is 6.75. The Hall–Kier alpha value is -1.91. The molecule has 2 aliphatic carbocycles. The van der Waals surface area contributed by atoms with Crippen LogP contribution in [0, 0.1) is 10.1 Å². The summed E-state index contributed by atoms with van der Waals surface area (Å²) in [6.45, 7) is 0. The zero-order valence-corrected chi connectivity index (χ0v) is 12.7. The normalized spacial score (nSPS) is 19.5. The molecule has 2 saturated carbocycles. The summed E-state index contributed by atoms with van der Waals surface area (Å²) in [5, 5.41) is 10.7. The van der Waals surface area contributed by atoms with Crippen molar-refractivity contribution in [2.75, 3.05) is 0 Å². The predicted octanol–water partition coefficient (Wildman–Crippen LogP) is 3.92. The van der Waals surface area contributed by atoms with E-state index in [4.69, 9.17) is 0 Å². The first-order valence-electron chi connectivity index (χ1n) is 8.24. The van der Waals surface area contributed by atoms with Crippen LogP contribution in [-0.4, -0.2) is 27.8 Å². The van der Waals surface area contributed by atoms with Gasteiger partial charge >= 0.3 is 0 Å². The number of non-ortho nitro benzene ring substituents is 1. The van der Waals surface area contributed by atoms with E-state index in [1.54, 1.807) is 12.1 Å². The van der Waals surface area contributed by atoms with Crippen LogP contribution in [0.1, 0.15) is 61.7 Å². The molecule has 0 saturated heterocycles. The maximum atomic E-state index is 13.0. The van der Waals surface area contributed by atoms with Crippen LogP contribution in [0.5, 0.6) is 0 Å². The van der Waals surface area contributed by atoms with E-state index in [9.17, 15) is 14.9 Å². The molecule has 2 aliphatic rings. The lowest BCUT2D eigenvalue weighted by molar-refractivity contribution is -0.384. The predicted molar refractivity (Wildman–Crippen MR) is 83.8 cm³/mol. The van der Waals surface area contributed by atoms with Crippen LogP contribution < -0.4 is 0 Å². The highest BCUT2D eigenvalue weighted by Gasteiger charge is 2.34. The minimum absolute atomic E-state index is 0.0323. The molecule has 0 spiro atoms. The second-order valence-electron chi connectivity index (χ2n) is 6.39. The SMILES string of the molecule is O=C(c1ccc([N+](=O)[O-])cc1)N(C1CCCC1)C1CCCC1. The van der Waals surface area contributed by atoms with E-state index in [1.807, 2.05) is 0 Å². The largest absolute Gasteiger partial charge is 0.333 e. The fraction of sp³-hybridized carbons (Fsp3) is 0.588. The van der Waals surface area contributed by atoms with Crippen molar-refractivity contribution < 1.29 is 9.72 Å². The maximum absolute atomic E-state index is 13.0. The molecular formula is C17H22N2O3. The Morgan fingerprint density at radius 1 is 0.955 bits per heavy atom. The molecule has 0 radical (unpaired) electrons. The van der Waals surface area contributed by atoms with Gasteiger partial charge in [-0.15, -0.1) is 0 Å². The molecule has 5 nitrogen and oxygen atoms in total. The minimum Gasteiger partial charge on any atom is -0.333 e. The van der Waals surface area contributed by atoms with Crippen molar-refractivity contribution in [1.82, 2.24) is 4.90 Å². The van der Waals surface area contributed by atoms with Gasteiger partial charge in [-0.2, -0.15) is 0 Å². The van der Waals surface area contributed by atoms with Gasteiger partial charge in [0.2, 0.25) is 0 Å². The first-order valence-corrected chi connectivity index (χ1v) is 8.24. The number of hydrogen-bond acceptors (Lipinski definition) is 3. The Labute approximate surface area is 130 Å². The summed E-state index contributed by atoms with van der Waals surface area (Å²) in [6.07, 6.45) is 9.15. The number of carbonyl (C=O) groups is 1. The number of nitrogens with zero attached hydrogens (tertiary/aromatic N) is 2. The molecule has 0 unspecified atom stereocenters. The number of benzene rings is 1. The number of rotatable bonds is 4. The number of carbonyl (C=O) groups excluding carboxylic acids is 1. The summed E-state index contributed by atoms with van der Waals surface area (Å²) >= 11 is 0. The molecule has 5 heteroatoms. The molecule has 3 rings (SSSR count). The quantitative estimate of drug-likeness (QED) is 0.625. The molecule has 1 amide bonds. The molecule has 0 aliphatic heterocycles. The van der Waals surface area contributed by atoms with Crippen molar-refractivity contribution in [1.29, 1.82) is 0 Å². The van der Waals surface area contributed by atoms with Crippen LogP contribution in [-0.2, 0) is 0 Å². The fourth-order valence-electron chi connectivity index (χ4n) is 3.87. The summed E-state index contributed by atoms with van der Waals surface area (Å²) in [5.41, 5.74) is 0.606. The lowest BCUT2D eigenvalue weighted by Crippen LogP contribution is -2.45. The van der Waals surface area contributed by atoms with E-state index in [1.165, 1.54) is 37.8 Å². The number of hydrogen-bond donors (Lipinski definition) is 0. The highest BCUT2D eigenvalue weighted by atomic mass is 16.6. The third-order valence-electron chi connectivity index (χ3n) is 5.00. The summed E-state index contributed by atoms with van der Waals surface area (Å²) in [5.74, 6) is 0.0497. The van der Waals surface area contributed by atoms with Gasteiger partial charge in [0.1, 0.15) is 0 Å². The molecular weight excluding hydrogens is 280 g/mol. The Morgan fingerprint density at radius 2 is 1.41 bits per heavy atom. The van der Waals surface area contributed by atoms with Crippen molar-refractivity contribution >= 4 is 11.6 Å². The first kappa shape index (κ1) is 15.0. The second-order valence-corrected chi connectivity index (χ2v) is 6.39. The molecule has 1 aromatic carbocycles. The second kappa shape index (κ2) is 6.46. The monoisotopic (exact) mass is 302 g/mol. The van der Waals surface area contributed by atoms with Crippen LogP contribution in [0.25, 0.3) is 0 Å². The van der Waals surface area contributed by atoms with E-state index in [2.05, 4.69) is 4.90 Å². The minimum atomic E-state index is -0.431. The first-order chi connectivity index (χ1) is 10.7. The molecule has 0 aromatic heterocycles. The highest BCUT2D eigenvalue weighted by Crippen LogP contribution is 2.33. The molecule has 2 fully saturated rings. The van der Waals surface area contributed by atoms with Crippen LogP contribution in [0.2, 0.25) is 0 Å². The lowest BCUT2D eigenvalue weighted by atomic mass is 10.1. The Balaban J connectivity index is 1.82. The van der Waals surface area contributed by atoms with Gasteiger partial charge in [-0.3, -0.25) is 14.9 Å². The van der Waals surface area contributed by atoms with E-state index in [0.717, 1.165) is 25.7 Å². The van der Waals surface area contributed by atoms with Gasteiger partial charge in [0, 0.05) is 29.8 Å². The topological polar surface area (TPSA) is 63.4 Å². The lowest BCUT2D eigenvalue weighted by Gasteiger charge is -2.34. The fourth-order valence-corrected chi connectivity index (χ4v) is 3.87. The molecule has 0 bridgehead atoms. The molecule has 118 valence electrons. The van der Waals surface area contributed by atoms with Gasteiger partial charge in [-0.1, -0.05) is 25.7 Å². The van der Waals surface area contributed by atoms with Crippen LogP contribution in [0.4, 0.5) is 5.69 Å². The zero-order chi connectivity index (χ0) is 15.5. The van der Waals surface area contributed by atoms with Gasteiger partial charge in [0.05, 0.1) is 4.92 Å². The van der Waals surface area contributed by atoms with Gasteiger partial charge in [-0.05, 0) is 37.8 Å². The van der Waals surface area contributed by atoms with E-state index >= 15 is 0 Å². The molecule has 22 heavy (non-hydrogen) atoms. The molecule has 0 N–H and O–H groups in total. The number of nitro benzene ring substituents is 1. The zero-order valence-electron chi connectivity index (χ0n) is 12.7. The van der Waals surface area contributed by atoms with Crippen molar-refractivity contribution in [3.8, 4) is 0 Å². The molecule has 1 aromatic rings. The average Bonchev–Trinajstić information content (AvgIpc) is 3.21. The summed E-state index contributed by atoms with van der Waals surface area (Å²) < 4.78 is 0. The van der Waals surface area contributed by atoms with Gasteiger partial charge in [-0.25, -0.2) is 0 Å². The Kier molecular flexibility index (Phi) is 4.41. The van der Waals surface area contributed by atoms with Crippen molar-refractivity contribution in [2.45, 2.75) is 63.5 Å². The van der Waals surface area contributed by atoms with E-state index in [0.29, 0.717) is 17.6 Å². The summed E-state index contributed by atoms with van der Waals surface area (Å²) in [4.78, 5) is 25.4. The standard InChI is InChI=1S/C17H22N2O3/c20-17(13-9-11-16(12-10-13)19(21)22)18(14-5-1-2-6-14)15-7-3-4-8-15/h9-12,14-15H,1-8H2. The smallest absolute Gasteiger partial charge is 0.269 e. The van der Waals surface area contributed by atoms with Crippen molar-refractivity contribution in [3.63, 3.8) is 0 Å². The van der Waals surface area contributed by atoms with Crippen LogP contribution >= 0.6 is 0 Å². The van der Waals surface area contributed by atoms with Crippen LogP contribution in [0.3, 0.4) is 0 Å². The van der Waals surface area contributed by atoms with E-state index in [-0.39, 0.29) is 11.6 Å². The Morgan fingerprint density at radius 3 is 1.82 bits per heavy atom. The maximum Gasteiger partial charge on any atom is 0.269 e. The molecule has 0 atom stereocenters. The van der Waals surface area contributed by atoms with Gasteiger partial charge in [0.15, 0.2) is 0 Å². The molecule has 0 heterocycles. The highest BCUT2D eigenvalue weighted by molar-refractivity contribution is 5.95. The van der Waals surface area contributed by atoms with Gasteiger partial charge < -0.3 is 4.90 Å². The average molecular weight is 302 g/mol. The summed E-state index contributed by atoms with van der Waals surface area (Å²) in [7, 11) is 0. The number of nitro groups is 1.